The molecule has 1 fully saturated rings. The molecule has 1 aliphatic carbocycles. The Morgan fingerprint density at radius 2 is 0.706 bits per heavy atom. The number of amides is 5. The van der Waals surface area contributed by atoms with Gasteiger partial charge in [-0.05, 0) is 203 Å². The number of carbonyl (C=O) groups excluding carboxylic acids is 8. The van der Waals surface area contributed by atoms with Gasteiger partial charge in [-0.25, -0.2) is 0 Å². The van der Waals surface area contributed by atoms with E-state index in [-0.39, 0.29) is 104 Å². The molecule has 0 unspecified atom stereocenters. The summed E-state index contributed by atoms with van der Waals surface area (Å²) in [6, 6.07) is 16.2. The van der Waals surface area contributed by atoms with Crippen LogP contribution in [-0.4, -0.2) is 138 Å². The van der Waals surface area contributed by atoms with E-state index in [1.54, 1.807) is 74.5 Å². The quantitative estimate of drug-likeness (QED) is 0.0136. The average Bonchev–Trinajstić information content (AvgIpc) is 0.813. The van der Waals surface area contributed by atoms with Gasteiger partial charge in [0.15, 0.2) is 5.78 Å². The van der Waals surface area contributed by atoms with Crippen LogP contribution >= 0.6 is 0 Å². The molecule has 1 aliphatic rings. The number of terminal acetylenes is 4. The Morgan fingerprint density at radius 1 is 0.376 bits per heavy atom. The van der Waals surface area contributed by atoms with Crippen molar-refractivity contribution in [2.75, 3.05) is 79.0 Å². The van der Waals surface area contributed by atoms with E-state index in [0.29, 0.717) is 235 Å². The first-order valence-corrected chi connectivity index (χ1v) is 38.8. The van der Waals surface area contributed by atoms with E-state index in [1.807, 2.05) is 0 Å². The molecule has 4 aromatic rings. The van der Waals surface area contributed by atoms with Gasteiger partial charge in [0.2, 0.25) is 11.8 Å². The summed E-state index contributed by atoms with van der Waals surface area (Å²) in [7, 11) is 0. The Kier molecular flexibility index (Phi) is 43.3. The molecule has 0 radical (unpaired) electrons. The SMILES string of the molecule is C#CCCCCOc1cc(OCCCCC#C)cc(C(=O)NCCCc2c(OCCCCC(C)=O)cc(C(=O)N[C@H]3C[C@@H](N)C[C@@H](CC(=O)c4cc(OCCCNC(C)=O)c(CCCNC(=O)c5cc(OCCCCC#C)cc(OCCCCC#C)c5)c(OCCCNC(C)=O)c4)C3)cc2OCCCCC(C)=O)c1. The fraction of sp³-hybridized carbons (Fsp3) is 0.540. The van der Waals surface area contributed by atoms with Crippen LogP contribution in [0.4, 0.5) is 0 Å². The van der Waals surface area contributed by atoms with Crippen molar-refractivity contribution in [3.05, 3.63) is 94.0 Å². The van der Waals surface area contributed by atoms with Gasteiger partial charge in [-0.3, -0.25) is 28.8 Å². The summed E-state index contributed by atoms with van der Waals surface area (Å²) in [4.78, 5) is 105. The van der Waals surface area contributed by atoms with Crippen molar-refractivity contribution in [2.24, 2.45) is 11.7 Å². The van der Waals surface area contributed by atoms with Crippen LogP contribution in [0, 0.1) is 55.3 Å². The van der Waals surface area contributed by atoms with E-state index < -0.39 is 11.9 Å². The molecule has 0 saturated heterocycles. The average molecular weight is 1500 g/mol. The van der Waals surface area contributed by atoms with Gasteiger partial charge in [0.1, 0.15) is 57.6 Å². The van der Waals surface area contributed by atoms with Crippen LogP contribution in [0.5, 0.6) is 46.0 Å². The van der Waals surface area contributed by atoms with Crippen LogP contribution in [0.2, 0.25) is 0 Å². The maximum atomic E-state index is 14.9. The van der Waals surface area contributed by atoms with Crippen LogP contribution in [0.1, 0.15) is 247 Å². The highest BCUT2D eigenvalue weighted by atomic mass is 16.5. The predicted octanol–water partition coefficient (Wildman–Crippen LogP) is 12.7. The Morgan fingerprint density at radius 3 is 1.06 bits per heavy atom. The van der Waals surface area contributed by atoms with Crippen molar-refractivity contribution in [3.63, 3.8) is 0 Å². The number of benzene rings is 4. The fourth-order valence-corrected chi connectivity index (χ4v) is 12.3. The molecule has 0 aromatic heterocycles. The fourth-order valence-electron chi connectivity index (χ4n) is 12.3. The molecule has 0 aliphatic heterocycles. The molecule has 22 heteroatoms. The van der Waals surface area contributed by atoms with E-state index in [1.165, 1.54) is 13.8 Å². The molecule has 7 N–H and O–H groups in total. The molecule has 1 saturated carbocycles. The number of hydrogen-bond donors (Lipinski definition) is 6. The highest BCUT2D eigenvalue weighted by molar-refractivity contribution is 5.98. The smallest absolute Gasteiger partial charge is 0.251 e. The Labute approximate surface area is 646 Å². The van der Waals surface area contributed by atoms with Gasteiger partial charge in [-0.1, -0.05) is 0 Å². The van der Waals surface area contributed by atoms with E-state index in [2.05, 4.69) is 50.3 Å². The number of carbonyl (C=O) groups is 8. The molecule has 0 spiro atoms. The Bertz CT molecular complexity index is 3320. The molecule has 22 nitrogen and oxygen atoms in total. The number of hydrogen-bond acceptors (Lipinski definition) is 17. The second kappa shape index (κ2) is 52.8. The lowest BCUT2D eigenvalue weighted by Gasteiger charge is -2.33. The molecule has 4 aromatic carbocycles. The summed E-state index contributed by atoms with van der Waals surface area (Å²) >= 11 is 0. The molecule has 5 amide bonds. The van der Waals surface area contributed by atoms with E-state index in [9.17, 15) is 38.4 Å². The summed E-state index contributed by atoms with van der Waals surface area (Å²) < 4.78 is 50.2. The maximum absolute atomic E-state index is 14.9. The monoisotopic (exact) mass is 1500 g/mol. The molecule has 109 heavy (non-hydrogen) atoms. The van der Waals surface area contributed by atoms with Crippen molar-refractivity contribution < 1.29 is 76.3 Å². The molecular weight excluding hydrogens is 1380 g/mol. The summed E-state index contributed by atoms with van der Waals surface area (Å²) in [6.07, 6.45) is 37.5. The highest BCUT2D eigenvalue weighted by Crippen LogP contribution is 2.37. The number of ketones is 3. The number of ether oxygens (including phenoxy) is 8. The second-order valence-electron chi connectivity index (χ2n) is 27.6. The van der Waals surface area contributed by atoms with Gasteiger partial charge in [-0.15, -0.1) is 49.4 Å². The van der Waals surface area contributed by atoms with Crippen molar-refractivity contribution in [2.45, 2.75) is 220 Å². The predicted molar refractivity (Wildman–Crippen MR) is 423 cm³/mol. The van der Waals surface area contributed by atoms with Crippen LogP contribution in [0.25, 0.3) is 0 Å². The summed E-state index contributed by atoms with van der Waals surface area (Å²) in [5, 5.41) is 14.9. The third-order valence-corrected chi connectivity index (χ3v) is 17.8. The van der Waals surface area contributed by atoms with Gasteiger partial charge in [-0.2, -0.15) is 0 Å². The molecular formula is C87H116N6O16. The number of unbranched alkanes of at least 4 members (excludes halogenated alkanes) is 10. The molecule has 5 rings (SSSR count). The third-order valence-electron chi connectivity index (χ3n) is 17.8. The van der Waals surface area contributed by atoms with Gasteiger partial charge in [0.05, 0.1) is 52.9 Å². The number of Topliss-reactive ketones (excluding diaryl/α,β-unsaturated/α-hetero) is 3. The minimum Gasteiger partial charge on any atom is -0.493 e. The lowest BCUT2D eigenvalue weighted by molar-refractivity contribution is -0.119. The standard InChI is InChI=1S/C87H116N6O16/c1-9-13-17-23-41-102-74-52-69(53-75(61-74)103-42-24-18-14-10-2)85(99)91-37-29-35-78-81(108-47-31-39-89-65(7)96)56-68(57-82(78)109-48-32-40-90-66(8)97)80(98)51-67-49-72(88)60-73(50-67)93-87(101)71-58-83(106-45-27-21-33-63(5)94)79(84(59-71)107-46-28-22-34-64(6)95)36-30-38-92-86(100)70-54-76(104-43-25-19-15-11-3)62-77(55-70)105-44-26-20-16-12-4/h1-4,52-59,61-62,67,72-73H,13-51,60,88H2,5-8H3,(H,89,96)(H,90,97)(H,91,99)(H,92,100)(H,93,101)/t67-,72+,73-/m1/s1. The maximum Gasteiger partial charge on any atom is 0.251 e. The number of nitrogens with one attached hydrogen (secondary N) is 5. The molecule has 0 heterocycles. The first kappa shape index (κ1) is 89.5. The zero-order chi connectivity index (χ0) is 78.8. The van der Waals surface area contributed by atoms with E-state index in [4.69, 9.17) is 69.3 Å². The molecule has 590 valence electrons. The normalized spacial score (nSPS) is 13.5. The number of rotatable bonds is 57. The van der Waals surface area contributed by atoms with Gasteiger partial charge in [0, 0.05) is 143 Å². The largest absolute Gasteiger partial charge is 0.493 e. The van der Waals surface area contributed by atoms with Gasteiger partial charge >= 0.3 is 0 Å². The summed E-state index contributed by atoms with van der Waals surface area (Å²) in [6.45, 7) is 9.62. The van der Waals surface area contributed by atoms with Crippen molar-refractivity contribution in [1.82, 2.24) is 26.6 Å². The Hall–Kier alpha value is -10.2. The topological polar surface area (TPSA) is 297 Å². The second-order valence-corrected chi connectivity index (χ2v) is 27.6. The third kappa shape index (κ3) is 37.0. The van der Waals surface area contributed by atoms with E-state index >= 15 is 0 Å². The van der Waals surface area contributed by atoms with Crippen molar-refractivity contribution in [3.8, 4) is 95.4 Å². The van der Waals surface area contributed by atoms with Crippen molar-refractivity contribution in [1.29, 1.82) is 0 Å². The van der Waals surface area contributed by atoms with Gasteiger partial charge < -0.3 is 79.8 Å². The van der Waals surface area contributed by atoms with Crippen LogP contribution in [0.15, 0.2) is 60.7 Å². The first-order chi connectivity index (χ1) is 52.8. The van der Waals surface area contributed by atoms with Crippen LogP contribution in [0.3, 0.4) is 0 Å². The zero-order valence-corrected chi connectivity index (χ0v) is 64.7. The summed E-state index contributed by atoms with van der Waals surface area (Å²) in [5.74, 6) is 12.3. The first-order valence-electron chi connectivity index (χ1n) is 38.8. The Balaban J connectivity index is 1.39. The lowest BCUT2D eigenvalue weighted by atomic mass is 9.79. The van der Waals surface area contributed by atoms with Crippen LogP contribution in [-0.2, 0) is 32.0 Å². The van der Waals surface area contributed by atoms with Crippen LogP contribution < -0.4 is 70.2 Å². The minimum absolute atomic E-state index is 0.0610. The van der Waals surface area contributed by atoms with Crippen molar-refractivity contribution >= 4 is 46.9 Å². The molecule has 0 bridgehead atoms. The molecule has 3 atom stereocenters. The van der Waals surface area contributed by atoms with Gasteiger partial charge in [0.25, 0.3) is 17.7 Å². The zero-order valence-electron chi connectivity index (χ0n) is 64.7. The van der Waals surface area contributed by atoms with E-state index in [0.717, 1.165) is 51.4 Å². The highest BCUT2D eigenvalue weighted by Gasteiger charge is 2.32. The summed E-state index contributed by atoms with van der Waals surface area (Å²) in [5.41, 5.74) is 9.43. The number of nitrogens with two attached hydrogens (primary N) is 1. The lowest BCUT2D eigenvalue weighted by Crippen LogP contribution is -2.45. The minimum atomic E-state index is -0.443.